The maximum atomic E-state index is 9.69. The molecule has 14 heavy (non-hydrogen) atoms. The smallest absolute Gasteiger partial charge is 0.134 e. The maximum absolute atomic E-state index is 9.69. The molecule has 0 radical (unpaired) electrons. The number of aliphatic hydroxyl groups excluding tert-OH is 2. The van der Waals surface area contributed by atoms with Gasteiger partial charge in [0.05, 0.1) is 6.10 Å². The van der Waals surface area contributed by atoms with Crippen molar-refractivity contribution in [1.82, 2.24) is 10.3 Å². The molecule has 3 N–H and O–H groups in total. The average Bonchev–Trinajstić information content (AvgIpc) is 2.18. The van der Waals surface area contributed by atoms with Crippen LogP contribution in [0.3, 0.4) is 0 Å². The predicted octanol–water partition coefficient (Wildman–Crippen LogP) is 0.349. The Morgan fingerprint density at radius 2 is 2.29 bits per heavy atom. The van der Waals surface area contributed by atoms with Crippen LogP contribution < -0.4 is 5.32 Å². The molecule has 0 aromatic carbocycles. The molecule has 0 amide bonds. The van der Waals surface area contributed by atoms with Crippen molar-refractivity contribution in [3.63, 3.8) is 0 Å². The van der Waals surface area contributed by atoms with Crippen molar-refractivity contribution in [2.45, 2.75) is 12.2 Å². The molecule has 0 spiro atoms. The number of likely N-dealkylation sites (N-methyl/N-ethyl adjacent to an activating group) is 1. The lowest BCUT2D eigenvalue weighted by Gasteiger charge is -2.18. The summed E-state index contributed by atoms with van der Waals surface area (Å²) in [6, 6.07) is 3.30. The third-order valence-corrected chi connectivity index (χ3v) is 2.20. The normalized spacial score (nSPS) is 15.1. The minimum atomic E-state index is -1.01. The third-order valence-electron chi connectivity index (χ3n) is 1.88. The van der Waals surface area contributed by atoms with E-state index in [0.29, 0.717) is 12.1 Å². The Labute approximate surface area is 87.6 Å². The summed E-state index contributed by atoms with van der Waals surface area (Å²) < 4.78 is 0. The Kier molecular flexibility index (Phi) is 4.28. The standard InChI is InChI=1S/C9H13ClN2O2/c1-11-5-7(13)8(14)6-3-2-4-12-9(6)10/h2-4,7-8,11,13-14H,5H2,1H3. The first-order chi connectivity index (χ1) is 6.66. The topological polar surface area (TPSA) is 65.4 Å². The molecule has 0 fully saturated rings. The van der Waals surface area contributed by atoms with Crippen LogP contribution in [-0.4, -0.2) is 34.9 Å². The molecule has 5 heteroatoms. The minimum Gasteiger partial charge on any atom is -0.389 e. The van der Waals surface area contributed by atoms with Gasteiger partial charge in [0.25, 0.3) is 0 Å². The van der Waals surface area contributed by atoms with E-state index in [0.717, 1.165) is 0 Å². The molecule has 2 unspecified atom stereocenters. The molecule has 1 heterocycles. The molecule has 78 valence electrons. The number of nitrogens with zero attached hydrogens (tertiary/aromatic N) is 1. The Morgan fingerprint density at radius 1 is 1.57 bits per heavy atom. The molecule has 0 aliphatic heterocycles. The molecule has 0 saturated heterocycles. The Morgan fingerprint density at radius 3 is 2.86 bits per heavy atom. The van der Waals surface area contributed by atoms with E-state index in [1.54, 1.807) is 19.2 Å². The van der Waals surface area contributed by atoms with Gasteiger partial charge in [0.15, 0.2) is 0 Å². The van der Waals surface area contributed by atoms with Crippen molar-refractivity contribution in [3.8, 4) is 0 Å². The van der Waals surface area contributed by atoms with Crippen LogP contribution in [0.2, 0.25) is 5.15 Å². The van der Waals surface area contributed by atoms with Crippen LogP contribution in [0.25, 0.3) is 0 Å². The second kappa shape index (κ2) is 5.26. The quantitative estimate of drug-likeness (QED) is 0.636. The van der Waals surface area contributed by atoms with E-state index in [-0.39, 0.29) is 5.15 Å². The summed E-state index contributed by atoms with van der Waals surface area (Å²) in [6.45, 7) is 0.298. The molecule has 0 aliphatic rings. The van der Waals surface area contributed by atoms with Crippen molar-refractivity contribution < 1.29 is 10.2 Å². The Hall–Kier alpha value is -0.680. The molecule has 4 nitrogen and oxygen atoms in total. The van der Waals surface area contributed by atoms with Gasteiger partial charge in [-0.25, -0.2) is 4.98 Å². The summed E-state index contributed by atoms with van der Waals surface area (Å²) in [4.78, 5) is 3.82. The van der Waals surface area contributed by atoms with Crippen molar-refractivity contribution >= 4 is 11.6 Å². The Balaban J connectivity index is 2.78. The first-order valence-corrected chi connectivity index (χ1v) is 4.65. The van der Waals surface area contributed by atoms with E-state index in [1.807, 2.05) is 0 Å². The van der Waals surface area contributed by atoms with Crippen molar-refractivity contribution in [3.05, 3.63) is 29.0 Å². The van der Waals surface area contributed by atoms with Gasteiger partial charge in [-0.05, 0) is 13.1 Å². The van der Waals surface area contributed by atoms with Gasteiger partial charge in [0.2, 0.25) is 0 Å². The highest BCUT2D eigenvalue weighted by Crippen LogP contribution is 2.22. The highest BCUT2D eigenvalue weighted by Gasteiger charge is 2.20. The van der Waals surface area contributed by atoms with E-state index in [4.69, 9.17) is 11.6 Å². The van der Waals surface area contributed by atoms with Crippen LogP contribution in [0.1, 0.15) is 11.7 Å². The maximum Gasteiger partial charge on any atom is 0.134 e. The Bertz CT molecular complexity index is 296. The average molecular weight is 217 g/mol. The number of pyridine rings is 1. The van der Waals surface area contributed by atoms with Gasteiger partial charge in [-0.15, -0.1) is 0 Å². The summed E-state index contributed by atoms with van der Waals surface area (Å²) in [5, 5.41) is 22.2. The molecular formula is C9H13ClN2O2. The van der Waals surface area contributed by atoms with Gasteiger partial charge in [0.1, 0.15) is 11.3 Å². The lowest BCUT2D eigenvalue weighted by molar-refractivity contribution is 0.0201. The largest absolute Gasteiger partial charge is 0.389 e. The second-order valence-corrected chi connectivity index (χ2v) is 3.31. The van der Waals surface area contributed by atoms with Gasteiger partial charge in [0, 0.05) is 18.3 Å². The zero-order valence-electron chi connectivity index (χ0n) is 7.81. The summed E-state index contributed by atoms with van der Waals surface area (Å²) in [6.07, 6.45) is -0.367. The number of rotatable bonds is 4. The number of aliphatic hydroxyl groups is 2. The summed E-state index contributed by atoms with van der Waals surface area (Å²) in [5.74, 6) is 0. The van der Waals surface area contributed by atoms with E-state index < -0.39 is 12.2 Å². The summed E-state index contributed by atoms with van der Waals surface area (Å²) >= 11 is 5.76. The fraction of sp³-hybridized carbons (Fsp3) is 0.444. The van der Waals surface area contributed by atoms with Gasteiger partial charge in [-0.2, -0.15) is 0 Å². The van der Waals surface area contributed by atoms with Crippen LogP contribution in [0.15, 0.2) is 18.3 Å². The van der Waals surface area contributed by atoms with Crippen LogP contribution in [0, 0.1) is 0 Å². The first-order valence-electron chi connectivity index (χ1n) is 4.28. The van der Waals surface area contributed by atoms with Crippen LogP contribution in [0.5, 0.6) is 0 Å². The minimum absolute atomic E-state index is 0.218. The molecule has 0 bridgehead atoms. The van der Waals surface area contributed by atoms with E-state index in [1.165, 1.54) is 6.20 Å². The van der Waals surface area contributed by atoms with E-state index in [2.05, 4.69) is 10.3 Å². The predicted molar refractivity (Wildman–Crippen MR) is 54.1 cm³/mol. The highest BCUT2D eigenvalue weighted by molar-refractivity contribution is 6.30. The zero-order valence-corrected chi connectivity index (χ0v) is 8.57. The van der Waals surface area contributed by atoms with Crippen LogP contribution >= 0.6 is 11.6 Å². The van der Waals surface area contributed by atoms with Crippen LogP contribution in [-0.2, 0) is 0 Å². The molecule has 1 aromatic heterocycles. The second-order valence-electron chi connectivity index (χ2n) is 2.95. The fourth-order valence-corrected chi connectivity index (χ4v) is 1.38. The summed E-state index contributed by atoms with van der Waals surface area (Å²) in [7, 11) is 1.70. The highest BCUT2D eigenvalue weighted by atomic mass is 35.5. The molecular weight excluding hydrogens is 204 g/mol. The molecule has 2 atom stereocenters. The first kappa shape index (κ1) is 11.4. The van der Waals surface area contributed by atoms with E-state index in [9.17, 15) is 10.2 Å². The van der Waals surface area contributed by atoms with Crippen molar-refractivity contribution in [2.24, 2.45) is 0 Å². The van der Waals surface area contributed by atoms with Crippen molar-refractivity contribution in [2.75, 3.05) is 13.6 Å². The third kappa shape index (κ3) is 2.65. The molecule has 0 saturated carbocycles. The number of hydrogen-bond donors (Lipinski definition) is 3. The van der Waals surface area contributed by atoms with Gasteiger partial charge < -0.3 is 15.5 Å². The number of nitrogens with one attached hydrogen (secondary N) is 1. The number of hydrogen-bond acceptors (Lipinski definition) is 4. The molecule has 1 aromatic rings. The monoisotopic (exact) mass is 216 g/mol. The van der Waals surface area contributed by atoms with Crippen LogP contribution in [0.4, 0.5) is 0 Å². The fourth-order valence-electron chi connectivity index (χ4n) is 1.15. The number of aromatic nitrogens is 1. The number of halogens is 1. The van der Waals surface area contributed by atoms with Gasteiger partial charge in [-0.1, -0.05) is 17.7 Å². The van der Waals surface area contributed by atoms with E-state index >= 15 is 0 Å². The molecule has 0 aliphatic carbocycles. The lowest BCUT2D eigenvalue weighted by atomic mass is 10.1. The van der Waals surface area contributed by atoms with Crippen molar-refractivity contribution in [1.29, 1.82) is 0 Å². The van der Waals surface area contributed by atoms with Gasteiger partial charge >= 0.3 is 0 Å². The zero-order chi connectivity index (χ0) is 10.6. The van der Waals surface area contributed by atoms with Gasteiger partial charge in [-0.3, -0.25) is 0 Å². The SMILES string of the molecule is CNCC(O)C(O)c1cccnc1Cl. The lowest BCUT2D eigenvalue weighted by Crippen LogP contribution is -2.29. The molecule has 1 rings (SSSR count). The summed E-state index contributed by atoms with van der Waals surface area (Å²) in [5.41, 5.74) is 0.442.